The molecule has 1 saturated carbocycles. The molecule has 1 N–H and O–H groups in total. The number of nitrogens with one attached hydrogen (secondary N) is 1. The first-order valence-electron chi connectivity index (χ1n) is 7.95. The standard InChI is InChI=1S/C18H21NO3/c1-13(4-6-15-3-2-10-20-15)19-18(8-9-18)14-5-7-16-17(11-14)22-12-21-16/h2-3,5,7,10-11,13,19H,4,6,8-9,12H2,1H3. The highest BCUT2D eigenvalue weighted by Gasteiger charge is 2.45. The Morgan fingerprint density at radius 1 is 1.18 bits per heavy atom. The smallest absolute Gasteiger partial charge is 0.231 e. The minimum atomic E-state index is 0.115. The van der Waals surface area contributed by atoms with Gasteiger partial charge in [0.1, 0.15) is 5.76 Å². The molecule has 1 aliphatic carbocycles. The number of benzene rings is 1. The van der Waals surface area contributed by atoms with Gasteiger partial charge in [0, 0.05) is 18.0 Å². The third-order valence-electron chi connectivity index (χ3n) is 4.60. The van der Waals surface area contributed by atoms with E-state index in [1.165, 1.54) is 18.4 Å². The molecular weight excluding hydrogens is 278 g/mol. The maximum Gasteiger partial charge on any atom is 0.231 e. The van der Waals surface area contributed by atoms with E-state index in [0.29, 0.717) is 12.8 Å². The van der Waals surface area contributed by atoms with Gasteiger partial charge in [0.15, 0.2) is 11.5 Å². The van der Waals surface area contributed by atoms with Crippen molar-refractivity contribution in [3.05, 3.63) is 47.9 Å². The molecule has 0 radical (unpaired) electrons. The average molecular weight is 299 g/mol. The van der Waals surface area contributed by atoms with Crippen LogP contribution in [0, 0.1) is 0 Å². The molecule has 0 amide bonds. The van der Waals surface area contributed by atoms with Crippen molar-refractivity contribution in [2.75, 3.05) is 6.79 Å². The van der Waals surface area contributed by atoms with E-state index in [4.69, 9.17) is 13.9 Å². The lowest BCUT2D eigenvalue weighted by atomic mass is 10.0. The van der Waals surface area contributed by atoms with Gasteiger partial charge in [-0.05, 0) is 56.0 Å². The Balaban J connectivity index is 1.41. The lowest BCUT2D eigenvalue weighted by Gasteiger charge is -2.23. The van der Waals surface area contributed by atoms with Crippen molar-refractivity contribution in [3.63, 3.8) is 0 Å². The number of hydrogen-bond donors (Lipinski definition) is 1. The Morgan fingerprint density at radius 2 is 2.05 bits per heavy atom. The van der Waals surface area contributed by atoms with Gasteiger partial charge in [-0.25, -0.2) is 0 Å². The Labute approximate surface area is 130 Å². The SMILES string of the molecule is CC(CCc1ccco1)NC1(c2ccc3c(c2)OCO3)CC1. The molecule has 2 heterocycles. The summed E-state index contributed by atoms with van der Waals surface area (Å²) in [5.41, 5.74) is 1.42. The van der Waals surface area contributed by atoms with Gasteiger partial charge >= 0.3 is 0 Å². The average Bonchev–Trinajstić information content (AvgIpc) is 2.95. The zero-order valence-corrected chi connectivity index (χ0v) is 12.8. The molecule has 4 rings (SSSR count). The second-order valence-electron chi connectivity index (χ2n) is 6.31. The van der Waals surface area contributed by atoms with Gasteiger partial charge in [-0.2, -0.15) is 0 Å². The summed E-state index contributed by atoms with van der Waals surface area (Å²) in [7, 11) is 0. The monoisotopic (exact) mass is 299 g/mol. The van der Waals surface area contributed by atoms with E-state index in [2.05, 4.69) is 24.4 Å². The van der Waals surface area contributed by atoms with E-state index in [-0.39, 0.29) is 5.54 Å². The molecule has 4 nitrogen and oxygen atoms in total. The van der Waals surface area contributed by atoms with Crippen molar-refractivity contribution < 1.29 is 13.9 Å². The molecule has 1 atom stereocenters. The summed E-state index contributed by atoms with van der Waals surface area (Å²) in [6.45, 7) is 2.58. The molecule has 4 heteroatoms. The summed E-state index contributed by atoms with van der Waals surface area (Å²) in [6.07, 6.45) is 6.14. The fourth-order valence-corrected chi connectivity index (χ4v) is 3.19. The number of ether oxygens (including phenoxy) is 2. The molecule has 22 heavy (non-hydrogen) atoms. The van der Waals surface area contributed by atoms with Crippen molar-refractivity contribution in [1.82, 2.24) is 5.32 Å². The lowest BCUT2D eigenvalue weighted by molar-refractivity contribution is 0.174. The molecule has 0 spiro atoms. The summed E-state index contributed by atoms with van der Waals surface area (Å²) in [4.78, 5) is 0. The van der Waals surface area contributed by atoms with Crippen molar-refractivity contribution in [2.45, 2.75) is 44.2 Å². The van der Waals surface area contributed by atoms with Crippen LogP contribution in [0.1, 0.15) is 37.5 Å². The first-order valence-corrected chi connectivity index (χ1v) is 7.95. The third-order valence-corrected chi connectivity index (χ3v) is 4.60. The molecular formula is C18H21NO3. The van der Waals surface area contributed by atoms with Crippen LogP contribution in [0.4, 0.5) is 0 Å². The van der Waals surface area contributed by atoms with Crippen molar-refractivity contribution in [1.29, 1.82) is 0 Å². The largest absolute Gasteiger partial charge is 0.469 e. The molecule has 1 aromatic carbocycles. The van der Waals surface area contributed by atoms with Crippen molar-refractivity contribution >= 4 is 0 Å². The summed E-state index contributed by atoms with van der Waals surface area (Å²) < 4.78 is 16.3. The molecule has 116 valence electrons. The Bertz CT molecular complexity index is 646. The number of furan rings is 1. The van der Waals surface area contributed by atoms with Crippen LogP contribution in [-0.2, 0) is 12.0 Å². The maximum atomic E-state index is 5.50. The molecule has 1 unspecified atom stereocenters. The van der Waals surface area contributed by atoms with E-state index in [1.54, 1.807) is 6.26 Å². The van der Waals surface area contributed by atoms with E-state index >= 15 is 0 Å². The molecule has 0 saturated heterocycles. The van der Waals surface area contributed by atoms with Gasteiger partial charge in [0.2, 0.25) is 6.79 Å². The highest BCUT2D eigenvalue weighted by Crippen LogP contribution is 2.48. The van der Waals surface area contributed by atoms with Crippen LogP contribution >= 0.6 is 0 Å². The first kappa shape index (κ1) is 13.7. The van der Waals surface area contributed by atoms with E-state index < -0.39 is 0 Å². The second-order valence-corrected chi connectivity index (χ2v) is 6.31. The van der Waals surface area contributed by atoms with E-state index in [9.17, 15) is 0 Å². The minimum absolute atomic E-state index is 0.115. The number of aryl methyl sites for hydroxylation is 1. The van der Waals surface area contributed by atoms with Gasteiger partial charge in [-0.1, -0.05) is 6.07 Å². The lowest BCUT2D eigenvalue weighted by Crippen LogP contribution is -2.36. The number of hydrogen-bond acceptors (Lipinski definition) is 4. The summed E-state index contributed by atoms with van der Waals surface area (Å²) >= 11 is 0. The Hall–Kier alpha value is -1.94. The molecule has 1 aromatic heterocycles. The highest BCUT2D eigenvalue weighted by atomic mass is 16.7. The summed E-state index contributed by atoms with van der Waals surface area (Å²) in [5.74, 6) is 2.78. The fraction of sp³-hybridized carbons (Fsp3) is 0.444. The van der Waals surface area contributed by atoms with Gasteiger partial charge in [0.05, 0.1) is 6.26 Å². The van der Waals surface area contributed by atoms with Gasteiger partial charge in [0.25, 0.3) is 0 Å². The number of rotatable bonds is 6. The van der Waals surface area contributed by atoms with Crippen LogP contribution < -0.4 is 14.8 Å². The maximum absolute atomic E-state index is 5.50. The quantitative estimate of drug-likeness (QED) is 0.885. The van der Waals surface area contributed by atoms with Crippen LogP contribution in [0.5, 0.6) is 11.5 Å². The summed E-state index contributed by atoms with van der Waals surface area (Å²) in [5, 5.41) is 3.80. The van der Waals surface area contributed by atoms with Crippen molar-refractivity contribution in [2.24, 2.45) is 0 Å². The van der Waals surface area contributed by atoms with Crippen LogP contribution in [-0.4, -0.2) is 12.8 Å². The first-order chi connectivity index (χ1) is 10.8. The van der Waals surface area contributed by atoms with Gasteiger partial charge < -0.3 is 19.2 Å². The fourth-order valence-electron chi connectivity index (χ4n) is 3.19. The molecule has 1 fully saturated rings. The van der Waals surface area contributed by atoms with Gasteiger partial charge in [-0.15, -0.1) is 0 Å². The van der Waals surface area contributed by atoms with Crippen molar-refractivity contribution in [3.8, 4) is 11.5 Å². The van der Waals surface area contributed by atoms with Crippen LogP contribution in [0.2, 0.25) is 0 Å². The van der Waals surface area contributed by atoms with E-state index in [1.807, 2.05) is 18.2 Å². The van der Waals surface area contributed by atoms with E-state index in [0.717, 1.165) is 30.1 Å². The highest BCUT2D eigenvalue weighted by molar-refractivity contribution is 5.47. The van der Waals surface area contributed by atoms with Crippen LogP contribution in [0.25, 0.3) is 0 Å². The molecule has 2 aromatic rings. The molecule has 1 aliphatic heterocycles. The zero-order chi connectivity index (χ0) is 15.0. The Morgan fingerprint density at radius 3 is 2.82 bits per heavy atom. The second kappa shape index (κ2) is 5.36. The predicted molar refractivity (Wildman–Crippen MR) is 83.1 cm³/mol. The Kier molecular flexibility index (Phi) is 3.34. The number of fused-ring (bicyclic) bond motifs is 1. The minimum Gasteiger partial charge on any atom is -0.469 e. The zero-order valence-electron chi connectivity index (χ0n) is 12.8. The molecule has 2 aliphatic rings. The third kappa shape index (κ3) is 2.59. The topological polar surface area (TPSA) is 43.6 Å². The normalized spacial score (nSPS) is 19.1. The van der Waals surface area contributed by atoms with Crippen LogP contribution in [0.3, 0.4) is 0 Å². The molecule has 0 bridgehead atoms. The summed E-state index contributed by atoms with van der Waals surface area (Å²) in [6, 6.07) is 10.7. The van der Waals surface area contributed by atoms with Gasteiger partial charge in [-0.3, -0.25) is 0 Å². The predicted octanol–water partition coefficient (Wildman–Crippen LogP) is 3.61. The van der Waals surface area contributed by atoms with Crippen LogP contribution in [0.15, 0.2) is 41.0 Å².